The van der Waals surface area contributed by atoms with Gasteiger partial charge in [0.1, 0.15) is 5.82 Å². The van der Waals surface area contributed by atoms with Crippen LogP contribution in [-0.2, 0) is 0 Å². The smallest absolute Gasteiger partial charge is 0.321 e. The molecule has 0 spiro atoms. The molecule has 5 heteroatoms. The molecule has 0 aliphatic carbocycles. The lowest BCUT2D eigenvalue weighted by molar-refractivity contribution is 0.166. The van der Waals surface area contributed by atoms with Crippen LogP contribution in [0.2, 0.25) is 0 Å². The SMILES string of the molecule is Cc1c(F)cccc1NC(=O)N(C)C(C)CO. The largest absolute Gasteiger partial charge is 0.394 e. The zero-order valence-electron chi connectivity index (χ0n) is 10.2. The van der Waals surface area contributed by atoms with Crippen LogP contribution in [0.5, 0.6) is 0 Å². The van der Waals surface area contributed by atoms with Gasteiger partial charge in [0.2, 0.25) is 0 Å². The summed E-state index contributed by atoms with van der Waals surface area (Å²) in [7, 11) is 1.57. The van der Waals surface area contributed by atoms with Crippen molar-refractivity contribution in [1.29, 1.82) is 0 Å². The molecule has 17 heavy (non-hydrogen) atoms. The first-order chi connectivity index (χ1) is 7.97. The molecule has 0 aliphatic heterocycles. The van der Waals surface area contributed by atoms with Gasteiger partial charge in [0.15, 0.2) is 0 Å². The number of aliphatic hydroxyl groups excluding tert-OH is 1. The minimum absolute atomic E-state index is 0.119. The van der Waals surface area contributed by atoms with Crippen LogP contribution in [-0.4, -0.2) is 35.7 Å². The summed E-state index contributed by atoms with van der Waals surface area (Å²) in [5, 5.41) is 11.5. The average Bonchev–Trinajstić information content (AvgIpc) is 2.32. The Hall–Kier alpha value is -1.62. The number of anilines is 1. The van der Waals surface area contributed by atoms with Crippen LogP contribution in [0.15, 0.2) is 18.2 Å². The molecule has 0 aliphatic rings. The predicted molar refractivity (Wildman–Crippen MR) is 64.5 cm³/mol. The van der Waals surface area contributed by atoms with Gasteiger partial charge in [0.25, 0.3) is 0 Å². The molecule has 0 saturated heterocycles. The lowest BCUT2D eigenvalue weighted by atomic mass is 10.2. The number of amides is 2. The van der Waals surface area contributed by atoms with Crippen molar-refractivity contribution >= 4 is 11.7 Å². The predicted octanol–water partition coefficient (Wildman–Crippen LogP) is 1.98. The number of hydrogen-bond donors (Lipinski definition) is 2. The van der Waals surface area contributed by atoms with E-state index in [-0.39, 0.29) is 24.5 Å². The average molecular weight is 240 g/mol. The zero-order chi connectivity index (χ0) is 13.0. The van der Waals surface area contributed by atoms with E-state index >= 15 is 0 Å². The van der Waals surface area contributed by atoms with Crippen molar-refractivity contribution in [2.75, 3.05) is 19.0 Å². The summed E-state index contributed by atoms with van der Waals surface area (Å²) in [4.78, 5) is 13.1. The fourth-order valence-corrected chi connectivity index (χ4v) is 1.27. The molecule has 1 aromatic carbocycles. The Labute approximate surface area is 100 Å². The zero-order valence-corrected chi connectivity index (χ0v) is 10.2. The van der Waals surface area contributed by atoms with Crippen LogP contribution >= 0.6 is 0 Å². The normalized spacial score (nSPS) is 12.1. The molecular weight excluding hydrogens is 223 g/mol. The Bertz CT molecular complexity index is 409. The maximum absolute atomic E-state index is 13.3. The second-order valence-corrected chi connectivity index (χ2v) is 3.99. The van der Waals surface area contributed by atoms with Crippen molar-refractivity contribution < 1.29 is 14.3 Å². The topological polar surface area (TPSA) is 52.6 Å². The molecule has 1 rings (SSSR count). The van der Waals surface area contributed by atoms with Crippen LogP contribution < -0.4 is 5.32 Å². The van der Waals surface area contributed by atoms with Gasteiger partial charge in [-0.15, -0.1) is 0 Å². The summed E-state index contributed by atoms with van der Waals surface area (Å²) in [5.74, 6) is -0.361. The Balaban J connectivity index is 2.78. The standard InChI is InChI=1S/C12H17FN2O2/c1-8(7-16)15(3)12(17)14-11-6-4-5-10(13)9(11)2/h4-6,8,16H,7H2,1-3H3,(H,14,17). The number of hydrogen-bond acceptors (Lipinski definition) is 2. The molecule has 1 unspecified atom stereocenters. The first kappa shape index (κ1) is 13.4. The molecule has 1 aromatic rings. The first-order valence-electron chi connectivity index (χ1n) is 5.37. The fraction of sp³-hybridized carbons (Fsp3) is 0.417. The molecule has 2 amide bonds. The van der Waals surface area contributed by atoms with Gasteiger partial charge in [0.05, 0.1) is 12.6 Å². The van der Waals surface area contributed by atoms with E-state index in [0.717, 1.165) is 0 Å². The van der Waals surface area contributed by atoms with E-state index < -0.39 is 0 Å². The van der Waals surface area contributed by atoms with E-state index in [2.05, 4.69) is 5.32 Å². The second-order valence-electron chi connectivity index (χ2n) is 3.99. The number of carbonyl (C=O) groups is 1. The Morgan fingerprint density at radius 3 is 2.82 bits per heavy atom. The monoisotopic (exact) mass is 240 g/mol. The Kier molecular flexibility index (Phi) is 4.45. The molecule has 2 N–H and O–H groups in total. The quantitative estimate of drug-likeness (QED) is 0.848. The number of halogens is 1. The van der Waals surface area contributed by atoms with E-state index in [1.807, 2.05) is 0 Å². The third-order valence-corrected chi connectivity index (χ3v) is 2.76. The van der Waals surface area contributed by atoms with E-state index in [1.165, 1.54) is 17.0 Å². The molecule has 0 aromatic heterocycles. The van der Waals surface area contributed by atoms with Crippen molar-refractivity contribution in [2.24, 2.45) is 0 Å². The maximum Gasteiger partial charge on any atom is 0.321 e. The summed E-state index contributed by atoms with van der Waals surface area (Å²) in [6.07, 6.45) is 0. The summed E-state index contributed by atoms with van der Waals surface area (Å²) in [5.41, 5.74) is 0.831. The number of benzene rings is 1. The molecule has 4 nitrogen and oxygen atoms in total. The van der Waals surface area contributed by atoms with E-state index in [0.29, 0.717) is 11.3 Å². The summed E-state index contributed by atoms with van der Waals surface area (Å²) in [6, 6.07) is 3.84. The van der Waals surface area contributed by atoms with Crippen molar-refractivity contribution in [3.05, 3.63) is 29.6 Å². The molecule has 0 bridgehead atoms. The molecule has 0 radical (unpaired) electrons. The van der Waals surface area contributed by atoms with Crippen LogP contribution in [0.4, 0.5) is 14.9 Å². The van der Waals surface area contributed by atoms with Crippen LogP contribution in [0, 0.1) is 12.7 Å². The maximum atomic E-state index is 13.3. The number of aliphatic hydroxyl groups is 1. The molecule has 1 atom stereocenters. The lowest BCUT2D eigenvalue weighted by Gasteiger charge is -2.23. The fourth-order valence-electron chi connectivity index (χ4n) is 1.27. The van der Waals surface area contributed by atoms with Crippen LogP contribution in [0.25, 0.3) is 0 Å². The summed E-state index contributed by atoms with van der Waals surface area (Å²) >= 11 is 0. The van der Waals surface area contributed by atoms with Gasteiger partial charge in [-0.05, 0) is 26.0 Å². The van der Waals surface area contributed by atoms with E-state index in [1.54, 1.807) is 27.0 Å². The third kappa shape index (κ3) is 3.17. The van der Waals surface area contributed by atoms with Crippen molar-refractivity contribution in [3.8, 4) is 0 Å². The van der Waals surface area contributed by atoms with E-state index in [4.69, 9.17) is 5.11 Å². The molecule has 0 heterocycles. The van der Waals surface area contributed by atoms with Gasteiger partial charge < -0.3 is 15.3 Å². The summed E-state index contributed by atoms with van der Waals surface area (Å²) in [6.45, 7) is 3.20. The van der Waals surface area contributed by atoms with Gasteiger partial charge in [-0.2, -0.15) is 0 Å². The Morgan fingerprint density at radius 2 is 2.24 bits per heavy atom. The highest BCUT2D eigenvalue weighted by atomic mass is 19.1. The highest BCUT2D eigenvalue weighted by Gasteiger charge is 2.15. The van der Waals surface area contributed by atoms with Gasteiger partial charge in [0, 0.05) is 18.3 Å². The van der Waals surface area contributed by atoms with Crippen LogP contribution in [0.3, 0.4) is 0 Å². The lowest BCUT2D eigenvalue weighted by Crippen LogP contribution is -2.40. The van der Waals surface area contributed by atoms with Gasteiger partial charge in [-0.1, -0.05) is 6.07 Å². The van der Waals surface area contributed by atoms with Crippen molar-refractivity contribution in [2.45, 2.75) is 19.9 Å². The highest BCUT2D eigenvalue weighted by molar-refractivity contribution is 5.90. The molecular formula is C12H17FN2O2. The first-order valence-corrected chi connectivity index (χ1v) is 5.37. The van der Waals surface area contributed by atoms with Gasteiger partial charge in [-0.3, -0.25) is 0 Å². The Morgan fingerprint density at radius 1 is 1.59 bits per heavy atom. The van der Waals surface area contributed by atoms with E-state index in [9.17, 15) is 9.18 Å². The minimum atomic E-state index is -0.375. The number of nitrogens with zero attached hydrogens (tertiary/aromatic N) is 1. The van der Waals surface area contributed by atoms with Gasteiger partial charge in [-0.25, -0.2) is 9.18 Å². The second kappa shape index (κ2) is 5.63. The van der Waals surface area contributed by atoms with Crippen molar-refractivity contribution in [3.63, 3.8) is 0 Å². The number of carbonyl (C=O) groups excluding carboxylic acids is 1. The number of nitrogens with one attached hydrogen (secondary N) is 1. The number of likely N-dealkylation sites (N-methyl/N-ethyl adjacent to an activating group) is 1. The third-order valence-electron chi connectivity index (χ3n) is 2.76. The van der Waals surface area contributed by atoms with Gasteiger partial charge >= 0.3 is 6.03 Å². The molecule has 94 valence electrons. The number of rotatable bonds is 3. The van der Waals surface area contributed by atoms with Crippen molar-refractivity contribution in [1.82, 2.24) is 4.90 Å². The summed E-state index contributed by atoms with van der Waals surface area (Å²) < 4.78 is 13.3. The molecule has 0 fully saturated rings. The highest BCUT2D eigenvalue weighted by Crippen LogP contribution is 2.17. The molecule has 0 saturated carbocycles. The minimum Gasteiger partial charge on any atom is -0.394 e. The van der Waals surface area contributed by atoms with Crippen LogP contribution in [0.1, 0.15) is 12.5 Å². The number of urea groups is 1.